The Balaban J connectivity index is 1.99. The fraction of sp³-hybridized carbons (Fsp3) is 0.889. The summed E-state index contributed by atoms with van der Waals surface area (Å²) in [5.41, 5.74) is 0. The maximum atomic E-state index is 11.2. The average molecular weight is 186 g/mol. The molecule has 4 heteroatoms. The van der Waals surface area contributed by atoms with Crippen LogP contribution in [0.15, 0.2) is 0 Å². The number of cyclic esters (lactones) is 1. The Labute approximate surface area is 77.1 Å². The van der Waals surface area contributed by atoms with Crippen LogP contribution < -0.4 is 0 Å². The van der Waals surface area contributed by atoms with E-state index in [2.05, 4.69) is 0 Å². The molecule has 0 bridgehead atoms. The highest BCUT2D eigenvalue weighted by Gasteiger charge is 2.43. The van der Waals surface area contributed by atoms with Gasteiger partial charge in [0.05, 0.1) is 25.2 Å². The van der Waals surface area contributed by atoms with Gasteiger partial charge in [-0.3, -0.25) is 4.79 Å². The van der Waals surface area contributed by atoms with Gasteiger partial charge in [-0.05, 0) is 20.3 Å². The van der Waals surface area contributed by atoms with E-state index in [0.717, 1.165) is 6.42 Å². The van der Waals surface area contributed by atoms with E-state index in [0.29, 0.717) is 13.2 Å². The number of esters is 1. The molecular formula is C9H14O4. The maximum Gasteiger partial charge on any atom is 0.311 e. The zero-order valence-electron chi connectivity index (χ0n) is 7.91. The molecular weight excluding hydrogens is 172 g/mol. The van der Waals surface area contributed by atoms with E-state index in [4.69, 9.17) is 14.2 Å². The van der Waals surface area contributed by atoms with Gasteiger partial charge in [0.1, 0.15) is 0 Å². The highest BCUT2D eigenvalue weighted by atomic mass is 16.7. The van der Waals surface area contributed by atoms with Gasteiger partial charge < -0.3 is 14.2 Å². The summed E-state index contributed by atoms with van der Waals surface area (Å²) in [6.07, 6.45) is 0.633. The number of carbonyl (C=O) groups excluding carboxylic acids is 1. The van der Waals surface area contributed by atoms with Crippen LogP contribution in [0.3, 0.4) is 0 Å². The molecule has 0 aromatic heterocycles. The molecule has 0 amide bonds. The van der Waals surface area contributed by atoms with E-state index in [1.54, 1.807) is 0 Å². The molecule has 4 nitrogen and oxygen atoms in total. The van der Waals surface area contributed by atoms with Gasteiger partial charge >= 0.3 is 5.97 Å². The van der Waals surface area contributed by atoms with Crippen LogP contribution in [0.2, 0.25) is 0 Å². The minimum absolute atomic E-state index is 0.120. The Bertz CT molecular complexity index is 224. The van der Waals surface area contributed by atoms with Crippen LogP contribution in [-0.4, -0.2) is 31.1 Å². The number of hydrogen-bond donors (Lipinski definition) is 0. The molecule has 0 saturated carbocycles. The van der Waals surface area contributed by atoms with Crippen molar-refractivity contribution in [1.82, 2.24) is 0 Å². The van der Waals surface area contributed by atoms with E-state index in [-0.39, 0.29) is 18.0 Å². The second kappa shape index (κ2) is 2.96. The van der Waals surface area contributed by atoms with Crippen LogP contribution in [0.5, 0.6) is 0 Å². The lowest BCUT2D eigenvalue weighted by molar-refractivity contribution is -0.155. The zero-order chi connectivity index (χ0) is 9.47. The molecule has 0 aromatic carbocycles. The SMILES string of the molecule is CC1(C)OCC(C2CCOC2=O)O1. The van der Waals surface area contributed by atoms with Crippen LogP contribution >= 0.6 is 0 Å². The van der Waals surface area contributed by atoms with Gasteiger partial charge in [-0.15, -0.1) is 0 Å². The van der Waals surface area contributed by atoms with Crippen molar-refractivity contribution in [2.75, 3.05) is 13.2 Å². The molecule has 2 rings (SSSR count). The smallest absolute Gasteiger partial charge is 0.311 e. The second-order valence-corrected chi connectivity index (χ2v) is 3.93. The lowest BCUT2D eigenvalue weighted by Crippen LogP contribution is -2.29. The monoisotopic (exact) mass is 186 g/mol. The summed E-state index contributed by atoms with van der Waals surface area (Å²) in [5, 5.41) is 0. The van der Waals surface area contributed by atoms with Crippen molar-refractivity contribution >= 4 is 5.97 Å². The summed E-state index contributed by atoms with van der Waals surface area (Å²) in [6.45, 7) is 4.72. The Morgan fingerprint density at radius 3 is 2.69 bits per heavy atom. The first-order valence-corrected chi connectivity index (χ1v) is 4.57. The molecule has 0 radical (unpaired) electrons. The van der Waals surface area contributed by atoms with Gasteiger partial charge in [-0.25, -0.2) is 0 Å². The third-order valence-corrected chi connectivity index (χ3v) is 2.46. The molecule has 2 atom stereocenters. The van der Waals surface area contributed by atoms with Crippen LogP contribution in [-0.2, 0) is 19.0 Å². The van der Waals surface area contributed by atoms with Crippen molar-refractivity contribution in [3.63, 3.8) is 0 Å². The van der Waals surface area contributed by atoms with Crippen LogP contribution in [0.4, 0.5) is 0 Å². The molecule has 2 heterocycles. The van der Waals surface area contributed by atoms with Crippen molar-refractivity contribution in [3.8, 4) is 0 Å². The molecule has 0 spiro atoms. The lowest BCUT2D eigenvalue weighted by Gasteiger charge is -2.18. The predicted molar refractivity (Wildman–Crippen MR) is 44.0 cm³/mol. The molecule has 13 heavy (non-hydrogen) atoms. The van der Waals surface area contributed by atoms with Gasteiger partial charge in [-0.1, -0.05) is 0 Å². The molecule has 2 fully saturated rings. The van der Waals surface area contributed by atoms with E-state index in [1.807, 2.05) is 13.8 Å². The van der Waals surface area contributed by atoms with Crippen molar-refractivity contribution in [2.45, 2.75) is 32.2 Å². The molecule has 2 saturated heterocycles. The fourth-order valence-corrected chi connectivity index (χ4v) is 1.76. The largest absolute Gasteiger partial charge is 0.465 e. The zero-order valence-corrected chi connectivity index (χ0v) is 7.91. The second-order valence-electron chi connectivity index (χ2n) is 3.93. The number of rotatable bonds is 1. The Kier molecular flexibility index (Phi) is 2.04. The first-order chi connectivity index (χ1) is 6.08. The highest BCUT2D eigenvalue weighted by Crippen LogP contribution is 2.30. The first kappa shape index (κ1) is 8.97. The molecule has 2 aliphatic heterocycles. The number of ether oxygens (including phenoxy) is 3. The third kappa shape index (κ3) is 1.69. The van der Waals surface area contributed by atoms with Gasteiger partial charge in [0.15, 0.2) is 5.79 Å². The normalized spacial score (nSPS) is 37.8. The summed E-state index contributed by atoms with van der Waals surface area (Å²) in [4.78, 5) is 11.2. The van der Waals surface area contributed by atoms with Crippen molar-refractivity contribution in [3.05, 3.63) is 0 Å². The summed E-state index contributed by atoms with van der Waals surface area (Å²) in [5.74, 6) is -0.818. The third-order valence-electron chi connectivity index (χ3n) is 2.46. The number of carbonyl (C=O) groups is 1. The standard InChI is InChI=1S/C9H14O4/c1-9(2)12-5-7(13-9)6-3-4-11-8(6)10/h6-7H,3-5H2,1-2H3. The van der Waals surface area contributed by atoms with Crippen LogP contribution in [0.25, 0.3) is 0 Å². The Morgan fingerprint density at radius 1 is 1.46 bits per heavy atom. The molecule has 2 aliphatic rings. The van der Waals surface area contributed by atoms with Crippen LogP contribution in [0, 0.1) is 5.92 Å². The van der Waals surface area contributed by atoms with Crippen LogP contribution in [0.1, 0.15) is 20.3 Å². The Morgan fingerprint density at radius 2 is 2.23 bits per heavy atom. The first-order valence-electron chi connectivity index (χ1n) is 4.57. The van der Waals surface area contributed by atoms with Gasteiger partial charge in [0, 0.05) is 0 Å². The molecule has 74 valence electrons. The van der Waals surface area contributed by atoms with E-state index < -0.39 is 5.79 Å². The van der Waals surface area contributed by atoms with Crippen molar-refractivity contribution in [2.24, 2.45) is 5.92 Å². The summed E-state index contributed by atoms with van der Waals surface area (Å²) >= 11 is 0. The minimum Gasteiger partial charge on any atom is -0.465 e. The van der Waals surface area contributed by atoms with E-state index >= 15 is 0 Å². The summed E-state index contributed by atoms with van der Waals surface area (Å²) < 4.78 is 15.8. The molecule has 2 unspecified atom stereocenters. The number of hydrogen-bond acceptors (Lipinski definition) is 4. The van der Waals surface area contributed by atoms with Gasteiger partial charge in [0.25, 0.3) is 0 Å². The Hall–Kier alpha value is -0.610. The van der Waals surface area contributed by atoms with Crippen molar-refractivity contribution in [1.29, 1.82) is 0 Å². The van der Waals surface area contributed by atoms with E-state index in [1.165, 1.54) is 0 Å². The fourth-order valence-electron chi connectivity index (χ4n) is 1.76. The quantitative estimate of drug-likeness (QED) is 0.565. The predicted octanol–water partition coefficient (Wildman–Crippen LogP) is 0.701. The average Bonchev–Trinajstić information content (AvgIpc) is 2.56. The lowest BCUT2D eigenvalue weighted by atomic mass is 10.0. The minimum atomic E-state index is -0.548. The molecule has 0 aliphatic carbocycles. The topological polar surface area (TPSA) is 44.8 Å². The highest BCUT2D eigenvalue weighted by molar-refractivity contribution is 5.74. The summed E-state index contributed by atoms with van der Waals surface area (Å²) in [6, 6.07) is 0. The summed E-state index contributed by atoms with van der Waals surface area (Å²) in [7, 11) is 0. The molecule has 0 aromatic rings. The van der Waals surface area contributed by atoms with Crippen molar-refractivity contribution < 1.29 is 19.0 Å². The van der Waals surface area contributed by atoms with E-state index in [9.17, 15) is 4.79 Å². The van der Waals surface area contributed by atoms with Gasteiger partial charge in [0.2, 0.25) is 0 Å². The molecule has 0 N–H and O–H groups in total. The van der Waals surface area contributed by atoms with Gasteiger partial charge in [-0.2, -0.15) is 0 Å². The maximum absolute atomic E-state index is 11.2.